The third-order valence-corrected chi connectivity index (χ3v) is 6.79. The fourth-order valence-electron chi connectivity index (χ4n) is 4.66. The number of benzene rings is 2. The van der Waals surface area contributed by atoms with Crippen LogP contribution < -0.4 is 15.0 Å². The number of nitrogens with zero attached hydrogens (tertiary/aromatic N) is 5. The molecule has 0 radical (unpaired) electrons. The molecule has 36 heavy (non-hydrogen) atoms. The van der Waals surface area contributed by atoms with Gasteiger partial charge in [-0.3, -0.25) is 10.1 Å². The van der Waals surface area contributed by atoms with Crippen LogP contribution in [-0.2, 0) is 6.54 Å². The Morgan fingerprint density at radius 2 is 1.83 bits per heavy atom. The van der Waals surface area contributed by atoms with Gasteiger partial charge in [0.05, 0.1) is 23.7 Å². The van der Waals surface area contributed by atoms with Gasteiger partial charge in [0.15, 0.2) is 0 Å². The van der Waals surface area contributed by atoms with E-state index < -0.39 is 0 Å². The minimum atomic E-state index is -0.335. The van der Waals surface area contributed by atoms with E-state index >= 15 is 0 Å². The van der Waals surface area contributed by atoms with E-state index in [-0.39, 0.29) is 10.6 Å². The van der Waals surface area contributed by atoms with Gasteiger partial charge in [-0.2, -0.15) is 0 Å². The fraction of sp³-hybridized carbons (Fsp3) is 0.296. The summed E-state index contributed by atoms with van der Waals surface area (Å²) in [5.74, 6) is 1.40. The highest BCUT2D eigenvalue weighted by Crippen LogP contribution is 2.32. The predicted octanol–water partition coefficient (Wildman–Crippen LogP) is 4.89. The third kappa shape index (κ3) is 4.96. The maximum absolute atomic E-state index is 11.9. The summed E-state index contributed by atoms with van der Waals surface area (Å²) >= 11 is 0. The van der Waals surface area contributed by atoms with Crippen molar-refractivity contribution in [2.24, 2.45) is 0 Å². The molecule has 9 heteroatoms. The van der Waals surface area contributed by atoms with Crippen LogP contribution in [0.3, 0.4) is 0 Å². The Hall–Kier alpha value is -4.11. The van der Waals surface area contributed by atoms with Crippen molar-refractivity contribution < 1.29 is 9.66 Å². The van der Waals surface area contributed by atoms with Crippen molar-refractivity contribution in [1.82, 2.24) is 14.5 Å². The molecule has 0 unspecified atom stereocenters. The van der Waals surface area contributed by atoms with Gasteiger partial charge in [0.2, 0.25) is 0 Å². The van der Waals surface area contributed by atoms with E-state index in [2.05, 4.69) is 31.6 Å². The molecule has 0 bridgehead atoms. The largest absolute Gasteiger partial charge is 0.497 e. The normalized spacial score (nSPS) is 14.2. The first-order chi connectivity index (χ1) is 17.5. The standard InChI is InChI=1S/C27H30N6O3/c1-3-30-12-14-31(15-13-30)22-6-9-24(25(17-22)33(34)35)29-27-16-21-10-11-32(26(21)18-28-27)19-20-4-7-23(36-2)8-5-20/h4-11,16-18H,3,12-15,19H2,1-2H3,(H,28,29). The molecule has 1 saturated heterocycles. The number of fused-ring (bicyclic) bond motifs is 1. The molecular weight excluding hydrogens is 456 g/mol. The summed E-state index contributed by atoms with van der Waals surface area (Å²) in [7, 11) is 1.66. The van der Waals surface area contributed by atoms with Crippen molar-refractivity contribution in [3.05, 3.63) is 82.7 Å². The first-order valence-electron chi connectivity index (χ1n) is 12.1. The van der Waals surface area contributed by atoms with Gasteiger partial charge in [-0.05, 0) is 48.5 Å². The van der Waals surface area contributed by atoms with Gasteiger partial charge in [-0.25, -0.2) is 4.98 Å². The van der Waals surface area contributed by atoms with Crippen LogP contribution in [-0.4, -0.2) is 59.2 Å². The van der Waals surface area contributed by atoms with Crippen LogP contribution in [0.25, 0.3) is 10.9 Å². The summed E-state index contributed by atoms with van der Waals surface area (Å²) in [5, 5.41) is 16.1. The smallest absolute Gasteiger partial charge is 0.294 e. The molecule has 1 fully saturated rings. The van der Waals surface area contributed by atoms with E-state index in [1.54, 1.807) is 25.4 Å². The van der Waals surface area contributed by atoms with Gasteiger partial charge in [-0.1, -0.05) is 19.1 Å². The van der Waals surface area contributed by atoms with Gasteiger partial charge in [-0.15, -0.1) is 0 Å². The van der Waals surface area contributed by atoms with Crippen molar-refractivity contribution in [2.45, 2.75) is 13.5 Å². The van der Waals surface area contributed by atoms with E-state index in [9.17, 15) is 10.1 Å². The van der Waals surface area contributed by atoms with Crippen molar-refractivity contribution in [1.29, 1.82) is 0 Å². The number of ether oxygens (including phenoxy) is 1. The molecule has 0 aliphatic carbocycles. The summed E-state index contributed by atoms with van der Waals surface area (Å²) in [6.45, 7) is 7.55. The molecule has 0 spiro atoms. The number of hydrogen-bond donors (Lipinski definition) is 1. The second-order valence-electron chi connectivity index (χ2n) is 8.92. The summed E-state index contributed by atoms with van der Waals surface area (Å²) < 4.78 is 7.36. The maximum Gasteiger partial charge on any atom is 0.294 e. The van der Waals surface area contributed by atoms with Gasteiger partial charge >= 0.3 is 0 Å². The molecule has 186 valence electrons. The number of nitro groups is 1. The van der Waals surface area contributed by atoms with Crippen LogP contribution in [0.4, 0.5) is 22.9 Å². The minimum Gasteiger partial charge on any atom is -0.497 e. The summed E-state index contributed by atoms with van der Waals surface area (Å²) in [6, 6.07) is 17.3. The topological polar surface area (TPSA) is 88.7 Å². The molecule has 0 amide bonds. The van der Waals surface area contributed by atoms with E-state index in [4.69, 9.17) is 4.74 Å². The quantitative estimate of drug-likeness (QED) is 0.280. The number of likely N-dealkylation sites (N-methyl/N-ethyl adjacent to an activating group) is 1. The van der Waals surface area contributed by atoms with Crippen LogP contribution >= 0.6 is 0 Å². The Morgan fingerprint density at radius 3 is 2.53 bits per heavy atom. The van der Waals surface area contributed by atoms with Crippen molar-refractivity contribution in [3.8, 4) is 5.75 Å². The molecule has 4 aromatic rings. The number of methoxy groups -OCH3 is 1. The number of hydrogen-bond acceptors (Lipinski definition) is 7. The zero-order valence-electron chi connectivity index (χ0n) is 20.6. The summed E-state index contributed by atoms with van der Waals surface area (Å²) in [5.41, 5.74) is 3.50. The highest BCUT2D eigenvalue weighted by Gasteiger charge is 2.21. The SMILES string of the molecule is CCN1CCN(c2ccc(Nc3cc4ccn(Cc5ccc(OC)cc5)c4cn3)c([N+](=O)[O-])c2)CC1. The number of anilines is 3. The van der Waals surface area contributed by atoms with Crippen molar-refractivity contribution >= 4 is 33.8 Å². The predicted molar refractivity (Wildman–Crippen MR) is 143 cm³/mol. The lowest BCUT2D eigenvalue weighted by atomic mass is 10.2. The van der Waals surface area contributed by atoms with Crippen LogP contribution in [0.5, 0.6) is 5.75 Å². The summed E-state index contributed by atoms with van der Waals surface area (Å²) in [4.78, 5) is 20.7. The Morgan fingerprint density at radius 1 is 1.06 bits per heavy atom. The first kappa shape index (κ1) is 23.6. The average molecular weight is 487 g/mol. The van der Waals surface area contributed by atoms with Crippen LogP contribution in [0, 0.1) is 10.1 Å². The zero-order valence-corrected chi connectivity index (χ0v) is 20.6. The number of pyridine rings is 1. The fourth-order valence-corrected chi connectivity index (χ4v) is 4.66. The number of rotatable bonds is 8. The Bertz CT molecular complexity index is 1360. The molecule has 0 atom stereocenters. The monoisotopic (exact) mass is 486 g/mol. The second kappa shape index (κ2) is 10.2. The number of nitrogens with one attached hydrogen (secondary N) is 1. The van der Waals surface area contributed by atoms with Crippen LogP contribution in [0.1, 0.15) is 12.5 Å². The lowest BCUT2D eigenvalue weighted by Crippen LogP contribution is -2.46. The van der Waals surface area contributed by atoms with Crippen molar-refractivity contribution in [2.75, 3.05) is 50.1 Å². The minimum absolute atomic E-state index is 0.0457. The Balaban J connectivity index is 1.34. The molecule has 2 aromatic carbocycles. The van der Waals surface area contributed by atoms with E-state index in [0.717, 1.165) is 60.6 Å². The zero-order chi connectivity index (χ0) is 25.1. The highest BCUT2D eigenvalue weighted by atomic mass is 16.6. The molecule has 0 saturated carbocycles. The van der Waals surface area contributed by atoms with Crippen LogP contribution in [0.15, 0.2) is 67.0 Å². The number of nitro benzene ring substituents is 1. The highest BCUT2D eigenvalue weighted by molar-refractivity contribution is 5.83. The molecule has 1 N–H and O–H groups in total. The first-order valence-corrected chi connectivity index (χ1v) is 12.1. The second-order valence-corrected chi connectivity index (χ2v) is 8.92. The molecule has 2 aromatic heterocycles. The van der Waals surface area contributed by atoms with Gasteiger partial charge in [0.1, 0.15) is 17.3 Å². The molecule has 9 nitrogen and oxygen atoms in total. The van der Waals surface area contributed by atoms with Crippen LogP contribution in [0.2, 0.25) is 0 Å². The lowest BCUT2D eigenvalue weighted by Gasteiger charge is -2.35. The van der Waals surface area contributed by atoms with E-state index in [1.807, 2.05) is 48.7 Å². The van der Waals surface area contributed by atoms with E-state index in [0.29, 0.717) is 18.1 Å². The Labute approximate surface area is 210 Å². The van der Waals surface area contributed by atoms with Gasteiger partial charge in [0, 0.05) is 56.1 Å². The van der Waals surface area contributed by atoms with Gasteiger partial charge in [0.25, 0.3) is 5.69 Å². The Kier molecular flexibility index (Phi) is 6.73. The van der Waals surface area contributed by atoms with E-state index in [1.165, 1.54) is 0 Å². The molecule has 1 aliphatic rings. The number of aromatic nitrogens is 2. The van der Waals surface area contributed by atoms with Gasteiger partial charge < -0.3 is 24.4 Å². The maximum atomic E-state index is 11.9. The summed E-state index contributed by atoms with van der Waals surface area (Å²) in [6.07, 6.45) is 3.82. The molecule has 1 aliphatic heterocycles. The molecule has 3 heterocycles. The van der Waals surface area contributed by atoms with Crippen molar-refractivity contribution in [3.63, 3.8) is 0 Å². The molecule has 5 rings (SSSR count). The third-order valence-electron chi connectivity index (χ3n) is 6.79. The number of piperazine rings is 1. The molecular formula is C27H30N6O3. The average Bonchev–Trinajstić information content (AvgIpc) is 3.31. The lowest BCUT2D eigenvalue weighted by molar-refractivity contribution is -0.383.